The number of fused-ring (bicyclic) bond motifs is 3. The van der Waals surface area contributed by atoms with Crippen molar-refractivity contribution >= 4 is 17.5 Å². The van der Waals surface area contributed by atoms with Crippen molar-refractivity contribution in [1.82, 2.24) is 10.6 Å². The van der Waals surface area contributed by atoms with Crippen molar-refractivity contribution in [1.29, 1.82) is 0 Å². The van der Waals surface area contributed by atoms with Gasteiger partial charge >= 0.3 is 0 Å². The van der Waals surface area contributed by atoms with Crippen LogP contribution in [0.3, 0.4) is 0 Å². The smallest absolute Gasteiger partial charge is 0.255 e. The Morgan fingerprint density at radius 3 is 2.63 bits per heavy atom. The van der Waals surface area contributed by atoms with Crippen LogP contribution in [0.4, 0.5) is 5.69 Å². The number of amides is 2. The summed E-state index contributed by atoms with van der Waals surface area (Å²) in [5.41, 5.74) is 1.27. The highest BCUT2D eigenvalue weighted by Gasteiger charge is 2.55. The van der Waals surface area contributed by atoms with Crippen LogP contribution in [0.1, 0.15) is 68.1 Å². The van der Waals surface area contributed by atoms with E-state index >= 15 is 0 Å². The summed E-state index contributed by atoms with van der Waals surface area (Å²) in [6, 6.07) is 8.10. The van der Waals surface area contributed by atoms with Crippen molar-refractivity contribution in [3.63, 3.8) is 0 Å². The molecule has 1 aromatic carbocycles. The molecule has 5 nitrogen and oxygen atoms in total. The largest absolute Gasteiger partial charge is 0.362 e. The highest BCUT2D eigenvalue weighted by atomic mass is 16.2. The van der Waals surface area contributed by atoms with Crippen molar-refractivity contribution in [3.05, 3.63) is 29.8 Å². The molecule has 0 aromatic heterocycles. The van der Waals surface area contributed by atoms with E-state index in [4.69, 9.17) is 0 Å². The number of anilines is 1. The predicted molar refractivity (Wildman–Crippen MR) is 104 cm³/mol. The van der Waals surface area contributed by atoms with E-state index in [1.54, 1.807) is 0 Å². The van der Waals surface area contributed by atoms with E-state index in [0.717, 1.165) is 49.8 Å². The zero-order valence-electron chi connectivity index (χ0n) is 15.8. The van der Waals surface area contributed by atoms with Crippen LogP contribution in [0.5, 0.6) is 0 Å². The molecule has 0 unspecified atom stereocenters. The molecule has 4 atom stereocenters. The molecule has 6 rings (SSSR count). The van der Waals surface area contributed by atoms with Gasteiger partial charge in [-0.1, -0.05) is 31.4 Å². The second-order valence-corrected chi connectivity index (χ2v) is 9.02. The number of hydrogen-bond acceptors (Lipinski definition) is 3. The van der Waals surface area contributed by atoms with Crippen LogP contribution in [0.2, 0.25) is 0 Å². The van der Waals surface area contributed by atoms with Gasteiger partial charge in [-0.3, -0.25) is 9.59 Å². The van der Waals surface area contributed by atoms with Gasteiger partial charge in [0.25, 0.3) is 5.91 Å². The SMILES string of the molecule is O=C1N[C@@]2(C[C@@H]3CC[C@@H]2C[C@@H]3C(=O)NC2CCCCC2)Nc2ccccc21. The third-order valence-corrected chi connectivity index (χ3v) is 7.43. The van der Waals surface area contributed by atoms with E-state index < -0.39 is 0 Å². The fourth-order valence-corrected chi connectivity index (χ4v) is 6.02. The van der Waals surface area contributed by atoms with E-state index in [-0.39, 0.29) is 23.4 Å². The van der Waals surface area contributed by atoms with E-state index in [0.29, 0.717) is 17.9 Å². The van der Waals surface area contributed by atoms with Gasteiger partial charge in [-0.25, -0.2) is 0 Å². The van der Waals surface area contributed by atoms with Gasteiger partial charge in [0, 0.05) is 23.6 Å². The van der Waals surface area contributed by atoms with Gasteiger partial charge in [-0.2, -0.15) is 0 Å². The first-order valence-electron chi connectivity index (χ1n) is 10.6. The lowest BCUT2D eigenvalue weighted by molar-refractivity contribution is -0.133. The first-order valence-corrected chi connectivity index (χ1v) is 10.6. The van der Waals surface area contributed by atoms with Crippen molar-refractivity contribution < 1.29 is 9.59 Å². The molecule has 1 aromatic rings. The van der Waals surface area contributed by atoms with E-state index in [2.05, 4.69) is 16.0 Å². The molecule has 3 N–H and O–H groups in total. The zero-order chi connectivity index (χ0) is 18.4. The molecule has 4 saturated carbocycles. The highest BCUT2D eigenvalue weighted by molar-refractivity contribution is 6.02. The lowest BCUT2D eigenvalue weighted by atomic mass is 9.58. The Morgan fingerprint density at radius 1 is 1.04 bits per heavy atom. The zero-order valence-corrected chi connectivity index (χ0v) is 15.8. The minimum Gasteiger partial charge on any atom is -0.362 e. The Morgan fingerprint density at radius 2 is 1.85 bits per heavy atom. The Kier molecular flexibility index (Phi) is 4.14. The number of carbonyl (C=O) groups is 2. The number of rotatable bonds is 2. The van der Waals surface area contributed by atoms with Crippen LogP contribution in [-0.2, 0) is 4.79 Å². The molecule has 5 heteroatoms. The molecule has 1 heterocycles. The Hall–Kier alpha value is -2.04. The summed E-state index contributed by atoms with van der Waals surface area (Å²) in [4.78, 5) is 25.7. The molecule has 0 radical (unpaired) electrons. The third kappa shape index (κ3) is 2.91. The van der Waals surface area contributed by atoms with Crippen LogP contribution >= 0.6 is 0 Å². The molecule has 4 aliphatic carbocycles. The maximum atomic E-state index is 13.0. The topological polar surface area (TPSA) is 70.2 Å². The number of carbonyl (C=O) groups excluding carboxylic acids is 2. The molecule has 4 fully saturated rings. The van der Waals surface area contributed by atoms with Crippen LogP contribution < -0.4 is 16.0 Å². The molecule has 2 amide bonds. The predicted octanol–water partition coefficient (Wildman–Crippen LogP) is 3.42. The van der Waals surface area contributed by atoms with Crippen molar-refractivity contribution in [3.8, 4) is 0 Å². The Bertz CT molecular complexity index is 758. The standard InChI is InChI=1S/C22H29N3O2/c26-20(23-16-6-2-1-3-7-16)18-12-15-11-10-14(18)13-22(15)24-19-9-5-4-8-17(19)21(27)25-22/h4-5,8-9,14-16,18,24H,1-3,6-7,10-13H2,(H,23,26)(H,25,27)/t14-,15+,18-,22+/m0/s1. The second-order valence-electron chi connectivity index (χ2n) is 9.02. The average Bonchev–Trinajstić information content (AvgIpc) is 2.69. The monoisotopic (exact) mass is 367 g/mol. The molecule has 2 bridgehead atoms. The maximum Gasteiger partial charge on any atom is 0.255 e. The summed E-state index contributed by atoms with van der Waals surface area (Å²) in [5, 5.41) is 10.3. The minimum absolute atomic E-state index is 0.0140. The fraction of sp³-hybridized carbons (Fsp3) is 0.636. The quantitative estimate of drug-likeness (QED) is 0.750. The lowest BCUT2D eigenvalue weighted by Crippen LogP contribution is -2.68. The molecule has 1 aliphatic heterocycles. The molecular weight excluding hydrogens is 338 g/mol. The van der Waals surface area contributed by atoms with Crippen molar-refractivity contribution in [2.75, 3.05) is 5.32 Å². The normalized spacial score (nSPS) is 35.3. The number of hydrogen-bond donors (Lipinski definition) is 3. The number of benzene rings is 1. The summed E-state index contributed by atoms with van der Waals surface area (Å²) in [7, 11) is 0. The van der Waals surface area contributed by atoms with Crippen LogP contribution in [0.25, 0.3) is 0 Å². The minimum atomic E-state index is -0.379. The molecule has 1 spiro atoms. The van der Waals surface area contributed by atoms with Gasteiger partial charge in [0.1, 0.15) is 5.66 Å². The lowest BCUT2D eigenvalue weighted by Gasteiger charge is -2.56. The summed E-state index contributed by atoms with van der Waals surface area (Å²) in [5.74, 6) is 1.03. The molecule has 5 aliphatic rings. The average molecular weight is 367 g/mol. The molecule has 0 saturated heterocycles. The molecule has 144 valence electrons. The molecular formula is C22H29N3O2. The van der Waals surface area contributed by atoms with E-state index in [9.17, 15) is 9.59 Å². The number of nitrogens with one attached hydrogen (secondary N) is 3. The number of para-hydroxylation sites is 1. The first kappa shape index (κ1) is 17.1. The Balaban J connectivity index is 1.32. The summed E-state index contributed by atoms with van der Waals surface area (Å²) >= 11 is 0. The van der Waals surface area contributed by atoms with Gasteiger partial charge in [0.05, 0.1) is 5.56 Å². The first-order chi connectivity index (χ1) is 13.1. The second kappa shape index (κ2) is 6.54. The summed E-state index contributed by atoms with van der Waals surface area (Å²) in [6.45, 7) is 0. The van der Waals surface area contributed by atoms with Gasteiger partial charge in [0.2, 0.25) is 5.91 Å². The highest BCUT2D eigenvalue weighted by Crippen LogP contribution is 2.51. The third-order valence-electron chi connectivity index (χ3n) is 7.43. The van der Waals surface area contributed by atoms with Crippen LogP contribution in [-0.4, -0.2) is 23.5 Å². The van der Waals surface area contributed by atoms with Crippen LogP contribution in [0, 0.1) is 17.8 Å². The van der Waals surface area contributed by atoms with Gasteiger partial charge < -0.3 is 16.0 Å². The van der Waals surface area contributed by atoms with Crippen molar-refractivity contribution in [2.24, 2.45) is 17.8 Å². The Labute approximate surface area is 160 Å². The maximum absolute atomic E-state index is 13.0. The van der Waals surface area contributed by atoms with E-state index in [1.165, 1.54) is 19.3 Å². The fourth-order valence-electron chi connectivity index (χ4n) is 6.02. The van der Waals surface area contributed by atoms with Gasteiger partial charge in [0.15, 0.2) is 0 Å². The van der Waals surface area contributed by atoms with Gasteiger partial charge in [-0.05, 0) is 56.6 Å². The van der Waals surface area contributed by atoms with Crippen LogP contribution in [0.15, 0.2) is 24.3 Å². The van der Waals surface area contributed by atoms with E-state index in [1.807, 2.05) is 24.3 Å². The molecule has 27 heavy (non-hydrogen) atoms. The van der Waals surface area contributed by atoms with Crippen molar-refractivity contribution in [2.45, 2.75) is 69.5 Å². The van der Waals surface area contributed by atoms with Gasteiger partial charge in [-0.15, -0.1) is 0 Å². The summed E-state index contributed by atoms with van der Waals surface area (Å²) in [6.07, 6.45) is 9.92. The summed E-state index contributed by atoms with van der Waals surface area (Å²) < 4.78 is 0.